The van der Waals surface area contributed by atoms with E-state index in [0.29, 0.717) is 29.6 Å². The van der Waals surface area contributed by atoms with Gasteiger partial charge in [-0.05, 0) is 37.1 Å². The number of aromatic hydroxyl groups is 1. The second-order valence-corrected chi connectivity index (χ2v) is 9.37. The summed E-state index contributed by atoms with van der Waals surface area (Å²) in [5.41, 5.74) is 0.132. The molecule has 0 aliphatic carbocycles. The molecule has 0 saturated carbocycles. The van der Waals surface area contributed by atoms with Crippen molar-refractivity contribution in [3.8, 4) is 5.75 Å². The number of carbonyl (C=O) groups excluding carboxylic acids is 1. The van der Waals surface area contributed by atoms with Gasteiger partial charge in [0, 0.05) is 25.5 Å². The maximum atomic E-state index is 12.8. The number of benzene rings is 2. The van der Waals surface area contributed by atoms with Crippen LogP contribution >= 0.6 is 0 Å². The fourth-order valence-corrected chi connectivity index (χ4v) is 5.25. The van der Waals surface area contributed by atoms with Gasteiger partial charge in [-0.2, -0.15) is 9.40 Å². The Morgan fingerprint density at radius 3 is 2.52 bits per heavy atom. The molecule has 0 bridgehead atoms. The number of phenolic OH excluding ortho intramolecular Hbond substituents is 1. The quantitative estimate of drug-likeness (QED) is 0.579. The molecule has 1 aliphatic rings. The zero-order chi connectivity index (χ0) is 22.2. The monoisotopic (exact) mass is 442 g/mol. The zero-order valence-electron chi connectivity index (χ0n) is 16.9. The summed E-state index contributed by atoms with van der Waals surface area (Å²) in [5, 5.41) is 17.9. The van der Waals surface area contributed by atoms with Crippen molar-refractivity contribution in [1.29, 1.82) is 0 Å². The number of rotatable bonds is 5. The summed E-state index contributed by atoms with van der Waals surface area (Å²) in [5.74, 6) is -0.741. The van der Waals surface area contributed by atoms with Gasteiger partial charge in [0.25, 0.3) is 5.56 Å². The third-order valence-electron chi connectivity index (χ3n) is 5.31. The number of sulfonamides is 1. The van der Waals surface area contributed by atoms with Crippen LogP contribution in [-0.4, -0.2) is 46.6 Å². The van der Waals surface area contributed by atoms with Crippen LogP contribution in [0.1, 0.15) is 18.5 Å². The summed E-state index contributed by atoms with van der Waals surface area (Å²) < 4.78 is 28.1. The number of hydrogen-bond acceptors (Lipinski definition) is 6. The summed E-state index contributed by atoms with van der Waals surface area (Å²) in [6.07, 6.45) is 1.46. The minimum Gasteiger partial charge on any atom is -0.506 e. The lowest BCUT2D eigenvalue weighted by Gasteiger charge is -2.17. The summed E-state index contributed by atoms with van der Waals surface area (Å²) in [6.45, 7) is 0.909. The average Bonchev–Trinajstić information content (AvgIpc) is 3.29. The van der Waals surface area contributed by atoms with Crippen molar-refractivity contribution in [2.75, 3.05) is 18.4 Å². The molecule has 1 fully saturated rings. The second-order valence-electron chi connectivity index (χ2n) is 7.44. The molecule has 9 nitrogen and oxygen atoms in total. The molecular weight excluding hydrogens is 420 g/mol. The number of nitrogens with one attached hydrogen (secondary N) is 1. The number of aryl methyl sites for hydroxylation is 1. The first kappa shape index (κ1) is 21.0. The summed E-state index contributed by atoms with van der Waals surface area (Å²) in [7, 11) is -2.18. The smallest absolute Gasteiger partial charge is 0.274 e. The molecule has 162 valence electrons. The third kappa shape index (κ3) is 4.04. The number of anilines is 1. The molecule has 0 atom stereocenters. The highest BCUT2D eigenvalue weighted by atomic mass is 32.2. The highest BCUT2D eigenvalue weighted by Gasteiger charge is 2.28. The van der Waals surface area contributed by atoms with E-state index in [-0.39, 0.29) is 28.3 Å². The molecule has 2 aromatic carbocycles. The standard InChI is InChI=1S/C21H22N4O5S/c1-24-21(28)16-7-3-2-6-15(16)17(23-24)13-20(27)22-18-12-14(8-9-19(18)26)31(29,30)25-10-4-5-11-25/h2-3,6-9,12,26H,4-5,10-11,13H2,1H3,(H,22,27). The van der Waals surface area contributed by atoms with Crippen LogP contribution in [0.2, 0.25) is 0 Å². The van der Waals surface area contributed by atoms with Gasteiger partial charge in [-0.15, -0.1) is 0 Å². The van der Waals surface area contributed by atoms with Crippen LogP contribution in [0.15, 0.2) is 52.2 Å². The molecule has 1 amide bonds. The molecule has 31 heavy (non-hydrogen) atoms. The lowest BCUT2D eigenvalue weighted by Crippen LogP contribution is -2.28. The molecule has 10 heteroatoms. The van der Waals surface area contributed by atoms with E-state index >= 15 is 0 Å². The van der Waals surface area contributed by atoms with Gasteiger partial charge >= 0.3 is 0 Å². The fraction of sp³-hybridized carbons (Fsp3) is 0.286. The van der Waals surface area contributed by atoms with E-state index in [4.69, 9.17) is 0 Å². The molecule has 2 heterocycles. The first-order chi connectivity index (χ1) is 14.8. The second kappa shape index (κ2) is 8.12. The lowest BCUT2D eigenvalue weighted by atomic mass is 10.1. The first-order valence-electron chi connectivity index (χ1n) is 9.85. The number of carbonyl (C=O) groups is 1. The van der Waals surface area contributed by atoms with E-state index in [1.54, 1.807) is 24.3 Å². The van der Waals surface area contributed by atoms with Crippen molar-refractivity contribution < 1.29 is 18.3 Å². The Labute approximate surface area is 179 Å². The molecule has 3 aromatic rings. The van der Waals surface area contributed by atoms with Crippen molar-refractivity contribution in [3.63, 3.8) is 0 Å². The maximum absolute atomic E-state index is 12.8. The Hall–Kier alpha value is -3.24. The Balaban J connectivity index is 1.61. The predicted molar refractivity (Wildman–Crippen MR) is 115 cm³/mol. The molecule has 1 aliphatic heterocycles. The van der Waals surface area contributed by atoms with Crippen LogP contribution in [0.3, 0.4) is 0 Å². The van der Waals surface area contributed by atoms with Crippen LogP contribution in [0.5, 0.6) is 5.75 Å². The van der Waals surface area contributed by atoms with Crippen molar-refractivity contribution in [1.82, 2.24) is 14.1 Å². The van der Waals surface area contributed by atoms with E-state index in [0.717, 1.165) is 12.8 Å². The van der Waals surface area contributed by atoms with E-state index < -0.39 is 15.9 Å². The number of hydrogen-bond donors (Lipinski definition) is 2. The van der Waals surface area contributed by atoms with Gasteiger partial charge in [0.05, 0.1) is 28.1 Å². The van der Waals surface area contributed by atoms with Crippen molar-refractivity contribution in [2.45, 2.75) is 24.2 Å². The normalized spacial score (nSPS) is 14.7. The third-order valence-corrected chi connectivity index (χ3v) is 7.20. The number of fused-ring (bicyclic) bond motifs is 1. The SMILES string of the molecule is Cn1nc(CC(=O)Nc2cc(S(=O)(=O)N3CCCC3)ccc2O)c2ccccc2c1=O. The van der Waals surface area contributed by atoms with E-state index in [1.807, 2.05) is 0 Å². The van der Waals surface area contributed by atoms with Gasteiger partial charge in [-0.1, -0.05) is 18.2 Å². The molecule has 0 spiro atoms. The van der Waals surface area contributed by atoms with Crippen LogP contribution in [0.25, 0.3) is 10.8 Å². The lowest BCUT2D eigenvalue weighted by molar-refractivity contribution is -0.115. The van der Waals surface area contributed by atoms with Crippen molar-refractivity contribution in [3.05, 3.63) is 58.5 Å². The molecule has 4 rings (SSSR count). The Kier molecular flexibility index (Phi) is 5.50. The maximum Gasteiger partial charge on any atom is 0.274 e. The Morgan fingerprint density at radius 1 is 1.13 bits per heavy atom. The Bertz CT molecular complexity index is 1330. The number of nitrogens with zero attached hydrogens (tertiary/aromatic N) is 3. The van der Waals surface area contributed by atoms with E-state index in [1.165, 1.54) is 34.2 Å². The van der Waals surface area contributed by atoms with Gasteiger partial charge in [-0.3, -0.25) is 9.59 Å². The molecular formula is C21H22N4O5S. The first-order valence-corrected chi connectivity index (χ1v) is 11.3. The van der Waals surface area contributed by atoms with Crippen LogP contribution < -0.4 is 10.9 Å². The highest BCUT2D eigenvalue weighted by molar-refractivity contribution is 7.89. The molecule has 1 saturated heterocycles. The Morgan fingerprint density at radius 2 is 1.81 bits per heavy atom. The van der Waals surface area contributed by atoms with Gasteiger partial charge in [-0.25, -0.2) is 13.1 Å². The number of amides is 1. The molecule has 2 N–H and O–H groups in total. The predicted octanol–water partition coefficient (Wildman–Crippen LogP) is 1.60. The minimum absolute atomic E-state index is 0.000558. The topological polar surface area (TPSA) is 122 Å². The van der Waals surface area contributed by atoms with Gasteiger partial charge in [0.1, 0.15) is 5.75 Å². The highest BCUT2D eigenvalue weighted by Crippen LogP contribution is 2.29. The van der Waals surface area contributed by atoms with Crippen LogP contribution in [0.4, 0.5) is 5.69 Å². The van der Waals surface area contributed by atoms with Gasteiger partial charge < -0.3 is 10.4 Å². The zero-order valence-corrected chi connectivity index (χ0v) is 17.7. The van der Waals surface area contributed by atoms with E-state index in [9.17, 15) is 23.1 Å². The van der Waals surface area contributed by atoms with Gasteiger partial charge in [0.15, 0.2) is 0 Å². The molecule has 0 unspecified atom stereocenters. The van der Waals surface area contributed by atoms with Crippen LogP contribution in [-0.2, 0) is 28.3 Å². The van der Waals surface area contributed by atoms with Gasteiger partial charge in [0.2, 0.25) is 15.9 Å². The summed E-state index contributed by atoms with van der Waals surface area (Å²) in [6, 6.07) is 10.7. The molecule has 0 radical (unpaired) electrons. The molecule has 1 aromatic heterocycles. The largest absolute Gasteiger partial charge is 0.506 e. The van der Waals surface area contributed by atoms with Crippen LogP contribution in [0, 0.1) is 0 Å². The fourth-order valence-electron chi connectivity index (χ4n) is 3.71. The number of aromatic nitrogens is 2. The van der Waals surface area contributed by atoms with E-state index in [2.05, 4.69) is 10.4 Å². The minimum atomic E-state index is -3.69. The summed E-state index contributed by atoms with van der Waals surface area (Å²) >= 11 is 0. The average molecular weight is 442 g/mol. The van der Waals surface area contributed by atoms with Crippen molar-refractivity contribution in [2.24, 2.45) is 7.05 Å². The van der Waals surface area contributed by atoms with Crippen molar-refractivity contribution >= 4 is 32.4 Å². The number of phenols is 1. The summed E-state index contributed by atoms with van der Waals surface area (Å²) in [4.78, 5) is 24.9.